The van der Waals surface area contributed by atoms with Crippen molar-refractivity contribution >= 4 is 19.7 Å². The molecule has 0 spiro atoms. The van der Waals surface area contributed by atoms with E-state index in [0.29, 0.717) is 5.56 Å². The number of halogens is 3. The summed E-state index contributed by atoms with van der Waals surface area (Å²) < 4.78 is 52.0. The molecule has 0 bridgehead atoms. The number of aryl methyl sites for hydroxylation is 1. The number of rotatable bonds is 3. The number of methoxy groups -OCH3 is 1. The first-order chi connectivity index (χ1) is 7.27. The van der Waals surface area contributed by atoms with E-state index < -0.39 is 26.1 Å². The van der Waals surface area contributed by atoms with Crippen LogP contribution in [0.2, 0.25) is 0 Å². The summed E-state index contributed by atoms with van der Waals surface area (Å²) in [6, 6.07) is 1.01. The van der Waals surface area contributed by atoms with Crippen molar-refractivity contribution < 1.29 is 21.9 Å². The highest BCUT2D eigenvalue weighted by atomic mass is 35.7. The van der Waals surface area contributed by atoms with Crippen LogP contribution in [0, 0.1) is 6.92 Å². The first-order valence-electron chi connectivity index (χ1n) is 4.05. The van der Waals surface area contributed by atoms with Gasteiger partial charge in [-0.2, -0.15) is 0 Å². The molecule has 0 aliphatic heterocycles. The molecule has 0 unspecified atom stereocenters. The smallest absolute Gasteiger partial charge is 0.281 e. The fourth-order valence-electron chi connectivity index (χ4n) is 1.14. The van der Waals surface area contributed by atoms with Crippen LogP contribution in [0.25, 0.3) is 0 Å². The molecule has 0 aromatic carbocycles. The molecule has 90 valence electrons. The molecule has 1 rings (SSSR count). The Balaban J connectivity index is 3.55. The van der Waals surface area contributed by atoms with Crippen molar-refractivity contribution in [1.29, 1.82) is 0 Å². The Bertz CT molecular complexity index is 504. The van der Waals surface area contributed by atoms with E-state index in [1.54, 1.807) is 0 Å². The van der Waals surface area contributed by atoms with Crippen LogP contribution in [0.1, 0.15) is 17.7 Å². The number of ether oxygens (including phenoxy) is 1. The quantitative estimate of drug-likeness (QED) is 0.792. The molecule has 0 atom stereocenters. The predicted octanol–water partition coefficient (Wildman–Crippen LogP) is 2.26. The molecule has 1 aromatic rings. The lowest BCUT2D eigenvalue weighted by Gasteiger charge is -2.09. The molecule has 0 radical (unpaired) electrons. The first-order valence-corrected chi connectivity index (χ1v) is 6.36. The molecule has 0 saturated heterocycles. The summed E-state index contributed by atoms with van der Waals surface area (Å²) in [5.41, 5.74) is -0.594. The lowest BCUT2D eigenvalue weighted by molar-refractivity contribution is 0.141. The minimum atomic E-state index is -4.25. The van der Waals surface area contributed by atoms with Gasteiger partial charge in [0.25, 0.3) is 15.5 Å². The van der Waals surface area contributed by atoms with E-state index in [9.17, 15) is 17.2 Å². The fourth-order valence-corrected chi connectivity index (χ4v) is 2.22. The molecule has 0 fully saturated rings. The van der Waals surface area contributed by atoms with E-state index in [-0.39, 0.29) is 5.88 Å². The van der Waals surface area contributed by atoms with Gasteiger partial charge in [0, 0.05) is 16.2 Å². The van der Waals surface area contributed by atoms with Crippen LogP contribution in [0.5, 0.6) is 5.88 Å². The molecule has 1 aromatic heterocycles. The highest BCUT2D eigenvalue weighted by Gasteiger charge is 2.25. The average Bonchev–Trinajstić information content (AvgIpc) is 2.15. The van der Waals surface area contributed by atoms with Gasteiger partial charge < -0.3 is 4.74 Å². The van der Waals surface area contributed by atoms with Crippen molar-refractivity contribution in [3.05, 3.63) is 17.3 Å². The van der Waals surface area contributed by atoms with Gasteiger partial charge in [0.15, 0.2) is 0 Å². The zero-order chi connectivity index (χ0) is 12.5. The molecule has 16 heavy (non-hydrogen) atoms. The lowest BCUT2D eigenvalue weighted by atomic mass is 10.2. The zero-order valence-electron chi connectivity index (χ0n) is 8.37. The molecule has 1 heterocycles. The third kappa shape index (κ3) is 2.59. The lowest BCUT2D eigenvalue weighted by Crippen LogP contribution is -2.05. The van der Waals surface area contributed by atoms with Gasteiger partial charge in [0.1, 0.15) is 10.6 Å². The van der Waals surface area contributed by atoms with E-state index in [1.807, 2.05) is 0 Å². The minimum Gasteiger partial charge on any atom is -0.481 e. The fraction of sp³-hybridized carbons (Fsp3) is 0.375. The molecule has 0 N–H and O–H groups in total. The third-order valence-corrected chi connectivity index (χ3v) is 3.17. The normalized spacial score (nSPS) is 11.9. The second-order valence-electron chi connectivity index (χ2n) is 2.94. The van der Waals surface area contributed by atoms with Gasteiger partial charge in [-0.05, 0) is 13.0 Å². The van der Waals surface area contributed by atoms with Crippen LogP contribution in [0.15, 0.2) is 11.0 Å². The van der Waals surface area contributed by atoms with Crippen LogP contribution < -0.4 is 4.74 Å². The number of hydrogen-bond acceptors (Lipinski definition) is 4. The third-order valence-electron chi connectivity index (χ3n) is 1.82. The highest BCUT2D eigenvalue weighted by molar-refractivity contribution is 8.13. The molecule has 0 saturated carbocycles. The van der Waals surface area contributed by atoms with Gasteiger partial charge >= 0.3 is 0 Å². The Hall–Kier alpha value is -0.950. The van der Waals surface area contributed by atoms with Gasteiger partial charge in [0.05, 0.1) is 7.11 Å². The van der Waals surface area contributed by atoms with Crippen LogP contribution in [0.4, 0.5) is 8.78 Å². The number of hydrogen-bond donors (Lipinski definition) is 0. The summed E-state index contributed by atoms with van der Waals surface area (Å²) in [4.78, 5) is 2.73. The van der Waals surface area contributed by atoms with E-state index in [1.165, 1.54) is 14.0 Å². The highest BCUT2D eigenvalue weighted by Crippen LogP contribution is 2.31. The Labute approximate surface area is 95.6 Å². The monoisotopic (exact) mass is 271 g/mol. The van der Waals surface area contributed by atoms with Gasteiger partial charge in [-0.25, -0.2) is 22.2 Å². The maximum atomic E-state index is 12.6. The first kappa shape index (κ1) is 13.1. The molecule has 0 aliphatic rings. The van der Waals surface area contributed by atoms with Crippen molar-refractivity contribution in [3.63, 3.8) is 0 Å². The molecule has 0 amide bonds. The number of nitrogens with zero attached hydrogens (tertiary/aromatic N) is 1. The van der Waals surface area contributed by atoms with Crippen molar-refractivity contribution in [2.24, 2.45) is 0 Å². The van der Waals surface area contributed by atoms with Gasteiger partial charge in [-0.1, -0.05) is 0 Å². The molecular formula is C8H8ClF2NO3S. The second-order valence-corrected chi connectivity index (χ2v) is 5.47. The van der Waals surface area contributed by atoms with Crippen LogP contribution in [-0.4, -0.2) is 20.5 Å². The maximum absolute atomic E-state index is 12.6. The number of pyridine rings is 1. The van der Waals surface area contributed by atoms with E-state index in [2.05, 4.69) is 4.98 Å². The summed E-state index contributed by atoms with van der Waals surface area (Å²) in [5, 5.41) is 0. The van der Waals surface area contributed by atoms with Crippen LogP contribution >= 0.6 is 10.7 Å². The molecular weight excluding hydrogens is 264 g/mol. The average molecular weight is 272 g/mol. The Morgan fingerprint density at radius 2 is 2.06 bits per heavy atom. The van der Waals surface area contributed by atoms with Crippen molar-refractivity contribution in [2.45, 2.75) is 18.2 Å². The van der Waals surface area contributed by atoms with Gasteiger partial charge in [-0.3, -0.25) is 0 Å². The standard InChI is InChI=1S/C8H8ClF2NO3S/c1-4-3-5(16(9,13)14)6(7(10)11)12-8(4)15-2/h3,7H,1-2H3. The second kappa shape index (κ2) is 4.50. The minimum absolute atomic E-state index is 0.0561. The Morgan fingerprint density at radius 1 is 1.50 bits per heavy atom. The Morgan fingerprint density at radius 3 is 2.44 bits per heavy atom. The van der Waals surface area contributed by atoms with Crippen LogP contribution in [-0.2, 0) is 9.05 Å². The van der Waals surface area contributed by atoms with E-state index >= 15 is 0 Å². The van der Waals surface area contributed by atoms with Crippen LogP contribution in [0.3, 0.4) is 0 Å². The summed E-state index contributed by atoms with van der Waals surface area (Å²) in [6.45, 7) is 1.48. The van der Waals surface area contributed by atoms with E-state index in [0.717, 1.165) is 6.07 Å². The summed E-state index contributed by atoms with van der Waals surface area (Å²) in [7, 11) is 2.03. The van der Waals surface area contributed by atoms with Crippen molar-refractivity contribution in [2.75, 3.05) is 7.11 Å². The van der Waals surface area contributed by atoms with Crippen molar-refractivity contribution in [1.82, 2.24) is 4.98 Å². The summed E-state index contributed by atoms with van der Waals surface area (Å²) in [5.74, 6) is -0.0561. The zero-order valence-corrected chi connectivity index (χ0v) is 9.94. The summed E-state index contributed by atoms with van der Waals surface area (Å²) in [6.07, 6.45) is -3.04. The maximum Gasteiger partial charge on any atom is 0.281 e. The van der Waals surface area contributed by atoms with E-state index in [4.69, 9.17) is 15.4 Å². The number of aromatic nitrogens is 1. The summed E-state index contributed by atoms with van der Waals surface area (Å²) >= 11 is 0. The molecule has 0 aliphatic carbocycles. The van der Waals surface area contributed by atoms with Crippen molar-refractivity contribution in [3.8, 4) is 5.88 Å². The SMILES string of the molecule is COc1nc(C(F)F)c(S(=O)(=O)Cl)cc1C. The topological polar surface area (TPSA) is 56.3 Å². The molecule has 8 heteroatoms. The Kier molecular flexibility index (Phi) is 3.69. The molecule has 4 nitrogen and oxygen atoms in total. The van der Waals surface area contributed by atoms with Gasteiger partial charge in [0.2, 0.25) is 5.88 Å². The predicted molar refractivity (Wildman–Crippen MR) is 53.5 cm³/mol. The largest absolute Gasteiger partial charge is 0.481 e. The van der Waals surface area contributed by atoms with Gasteiger partial charge in [-0.15, -0.1) is 0 Å². The number of alkyl halides is 2.